The molecule has 1 fully saturated rings. The number of rotatable bonds is 5. The van der Waals surface area contributed by atoms with Gasteiger partial charge in [0, 0.05) is 35.7 Å². The van der Waals surface area contributed by atoms with Crippen LogP contribution in [0.1, 0.15) is 42.1 Å². The maximum absolute atomic E-state index is 13.4. The second-order valence-electron chi connectivity index (χ2n) is 9.63. The summed E-state index contributed by atoms with van der Waals surface area (Å²) in [5.74, 6) is 0. The van der Waals surface area contributed by atoms with Crippen LogP contribution in [-0.2, 0) is 12.7 Å². The Kier molecular flexibility index (Phi) is 6.75. The van der Waals surface area contributed by atoms with Crippen LogP contribution in [0.5, 0.6) is 0 Å². The normalized spacial score (nSPS) is 16.0. The molecule has 5 aromatic rings. The first kappa shape index (κ1) is 26.0. The summed E-state index contributed by atoms with van der Waals surface area (Å²) in [6.45, 7) is 0.665. The number of aromatic nitrogens is 6. The van der Waals surface area contributed by atoms with E-state index in [9.17, 15) is 18.0 Å². The molecule has 0 N–H and O–H groups in total. The van der Waals surface area contributed by atoms with E-state index < -0.39 is 17.6 Å². The highest BCUT2D eigenvalue weighted by Gasteiger charge is 2.32. The van der Waals surface area contributed by atoms with Gasteiger partial charge >= 0.3 is 11.9 Å². The Bertz CT molecular complexity index is 1700. The number of pyridine rings is 2. The molecular formula is C28H23ClF3N7O. The summed E-state index contributed by atoms with van der Waals surface area (Å²) < 4.78 is 41.3. The van der Waals surface area contributed by atoms with Crippen molar-refractivity contribution in [1.29, 1.82) is 0 Å². The van der Waals surface area contributed by atoms with Crippen LogP contribution >= 0.6 is 11.6 Å². The highest BCUT2D eigenvalue weighted by molar-refractivity contribution is 6.30. The molecule has 6 rings (SSSR count). The Balaban J connectivity index is 1.50. The lowest BCUT2D eigenvalue weighted by molar-refractivity contribution is -0.141. The van der Waals surface area contributed by atoms with E-state index in [1.165, 1.54) is 15.3 Å². The smallest absolute Gasteiger partial charge is 0.361 e. The summed E-state index contributed by atoms with van der Waals surface area (Å²) in [4.78, 5) is 23.5. The average Bonchev–Trinajstić information content (AvgIpc) is 3.28. The minimum absolute atomic E-state index is 0.000866. The van der Waals surface area contributed by atoms with Crippen LogP contribution in [0, 0.1) is 0 Å². The fraction of sp³-hybridized carbons (Fsp3) is 0.250. The molecule has 1 atom stereocenters. The standard InChI is InChI=1S/C28H23ClF3N7O/c29-21-9-7-19(8-10-21)22-16-35-39-26(25(22)37-13-2-1-5-23(37)20-4-3-12-33-15-20)36-38(27(39)40)17-18-6-11-24(34-14-18)28(30,31)32/h3-4,6-12,14-16,23H,1-2,5,13,17H2. The molecule has 4 aromatic heterocycles. The third kappa shape index (κ3) is 4.92. The highest BCUT2D eigenvalue weighted by Crippen LogP contribution is 2.41. The van der Waals surface area contributed by atoms with Crippen molar-refractivity contribution in [2.24, 2.45) is 0 Å². The van der Waals surface area contributed by atoms with Gasteiger partial charge in [0.25, 0.3) is 0 Å². The van der Waals surface area contributed by atoms with Crippen molar-refractivity contribution < 1.29 is 13.2 Å². The predicted octanol–water partition coefficient (Wildman–Crippen LogP) is 5.80. The molecule has 1 aromatic carbocycles. The van der Waals surface area contributed by atoms with Crippen LogP contribution in [0.25, 0.3) is 16.8 Å². The van der Waals surface area contributed by atoms with Crippen LogP contribution < -0.4 is 10.6 Å². The SMILES string of the molecule is O=c1n(Cc2ccc(C(F)(F)F)nc2)nc2c(N3CCCCC3c3cccnc3)c(-c3ccc(Cl)cc3)cnn12. The van der Waals surface area contributed by atoms with Gasteiger partial charge in [0.1, 0.15) is 5.69 Å². The van der Waals surface area contributed by atoms with Crippen LogP contribution in [-0.4, -0.2) is 35.9 Å². The van der Waals surface area contributed by atoms with Crippen LogP contribution in [0.4, 0.5) is 18.9 Å². The lowest BCUT2D eigenvalue weighted by atomic mass is 9.94. The van der Waals surface area contributed by atoms with E-state index >= 15 is 0 Å². The van der Waals surface area contributed by atoms with Crippen molar-refractivity contribution in [3.63, 3.8) is 0 Å². The number of piperidine rings is 1. The van der Waals surface area contributed by atoms with Crippen LogP contribution in [0.3, 0.4) is 0 Å². The molecular weight excluding hydrogens is 543 g/mol. The summed E-state index contributed by atoms with van der Waals surface area (Å²) in [5, 5.41) is 9.68. The van der Waals surface area contributed by atoms with Crippen molar-refractivity contribution in [3.8, 4) is 11.1 Å². The first-order valence-corrected chi connectivity index (χ1v) is 13.1. The van der Waals surface area contributed by atoms with Gasteiger partial charge in [-0.15, -0.1) is 5.10 Å². The predicted molar refractivity (Wildman–Crippen MR) is 144 cm³/mol. The molecule has 0 spiro atoms. The highest BCUT2D eigenvalue weighted by atomic mass is 35.5. The third-order valence-corrected chi connectivity index (χ3v) is 7.30. The van der Waals surface area contributed by atoms with E-state index in [2.05, 4.69) is 25.1 Å². The lowest BCUT2D eigenvalue weighted by Gasteiger charge is -2.38. The van der Waals surface area contributed by atoms with Gasteiger partial charge in [0.2, 0.25) is 5.65 Å². The first-order chi connectivity index (χ1) is 19.3. The summed E-state index contributed by atoms with van der Waals surface area (Å²) in [7, 11) is 0. The zero-order chi connectivity index (χ0) is 27.9. The van der Waals surface area contributed by atoms with E-state index in [0.29, 0.717) is 16.2 Å². The Labute approximate surface area is 231 Å². The van der Waals surface area contributed by atoms with Gasteiger partial charge in [-0.25, -0.2) is 9.48 Å². The number of hydrogen-bond acceptors (Lipinski definition) is 6. The second kappa shape index (κ2) is 10.4. The van der Waals surface area contributed by atoms with E-state index in [0.717, 1.165) is 60.4 Å². The number of alkyl halides is 3. The fourth-order valence-corrected chi connectivity index (χ4v) is 5.28. The van der Waals surface area contributed by atoms with Gasteiger partial charge < -0.3 is 4.90 Å². The topological polar surface area (TPSA) is 81.2 Å². The summed E-state index contributed by atoms with van der Waals surface area (Å²) >= 11 is 6.16. The maximum Gasteiger partial charge on any atom is 0.433 e. The summed E-state index contributed by atoms with van der Waals surface area (Å²) in [6.07, 6.45) is 4.67. The summed E-state index contributed by atoms with van der Waals surface area (Å²) in [6, 6.07) is 13.5. The lowest BCUT2D eigenvalue weighted by Crippen LogP contribution is -2.34. The van der Waals surface area contributed by atoms with Crippen molar-refractivity contribution in [2.45, 2.75) is 38.0 Å². The van der Waals surface area contributed by atoms with Crippen molar-refractivity contribution in [2.75, 3.05) is 11.4 Å². The molecule has 204 valence electrons. The largest absolute Gasteiger partial charge is 0.433 e. The maximum atomic E-state index is 13.4. The Morgan fingerprint density at radius 3 is 2.52 bits per heavy atom. The van der Waals surface area contributed by atoms with Gasteiger partial charge in [0.15, 0.2) is 0 Å². The van der Waals surface area contributed by atoms with E-state index in [4.69, 9.17) is 11.6 Å². The molecule has 8 nitrogen and oxygen atoms in total. The molecule has 1 saturated heterocycles. The molecule has 5 heterocycles. The Hall–Kier alpha value is -4.25. The minimum atomic E-state index is -4.55. The first-order valence-electron chi connectivity index (χ1n) is 12.7. The molecule has 12 heteroatoms. The molecule has 0 bridgehead atoms. The zero-order valence-electron chi connectivity index (χ0n) is 21.1. The van der Waals surface area contributed by atoms with Gasteiger partial charge in [-0.3, -0.25) is 9.97 Å². The van der Waals surface area contributed by atoms with Crippen molar-refractivity contribution in [1.82, 2.24) is 29.4 Å². The number of nitrogens with zero attached hydrogens (tertiary/aromatic N) is 7. The van der Waals surface area contributed by atoms with Gasteiger partial charge in [-0.05, 0) is 60.2 Å². The summed E-state index contributed by atoms with van der Waals surface area (Å²) in [5.41, 5.74) is 2.70. The van der Waals surface area contributed by atoms with Gasteiger partial charge in [-0.2, -0.15) is 22.8 Å². The van der Waals surface area contributed by atoms with Crippen LogP contribution in [0.15, 0.2) is 78.1 Å². The molecule has 0 amide bonds. The fourth-order valence-electron chi connectivity index (χ4n) is 5.15. The number of hydrogen-bond donors (Lipinski definition) is 0. The van der Waals surface area contributed by atoms with Crippen molar-refractivity contribution >= 4 is 22.9 Å². The van der Waals surface area contributed by atoms with E-state index in [-0.39, 0.29) is 12.6 Å². The molecule has 0 aliphatic carbocycles. The average molecular weight is 566 g/mol. The van der Waals surface area contributed by atoms with Gasteiger partial charge in [-0.1, -0.05) is 35.9 Å². The van der Waals surface area contributed by atoms with Crippen molar-refractivity contribution in [3.05, 3.63) is 106 Å². The molecule has 0 saturated carbocycles. The minimum Gasteiger partial charge on any atom is -0.361 e. The quantitative estimate of drug-likeness (QED) is 0.268. The zero-order valence-corrected chi connectivity index (χ0v) is 21.8. The Morgan fingerprint density at radius 2 is 1.82 bits per heavy atom. The molecule has 40 heavy (non-hydrogen) atoms. The third-order valence-electron chi connectivity index (χ3n) is 7.05. The van der Waals surface area contributed by atoms with Crippen LogP contribution in [0.2, 0.25) is 5.02 Å². The van der Waals surface area contributed by atoms with E-state index in [1.54, 1.807) is 24.5 Å². The molecule has 1 unspecified atom stereocenters. The van der Waals surface area contributed by atoms with E-state index in [1.807, 2.05) is 30.5 Å². The number of fused-ring (bicyclic) bond motifs is 1. The number of halogens is 4. The molecule has 1 aliphatic rings. The second-order valence-corrected chi connectivity index (χ2v) is 10.1. The Morgan fingerprint density at radius 1 is 1.00 bits per heavy atom. The molecule has 1 aliphatic heterocycles. The monoisotopic (exact) mass is 565 g/mol. The number of benzene rings is 1. The van der Waals surface area contributed by atoms with Gasteiger partial charge in [0.05, 0.1) is 24.5 Å². The molecule has 0 radical (unpaired) electrons. The number of anilines is 1.